The van der Waals surface area contributed by atoms with Crippen molar-refractivity contribution in [2.45, 2.75) is 25.9 Å². The molecule has 1 fully saturated rings. The average Bonchev–Trinajstić information content (AvgIpc) is 2.17. The Morgan fingerprint density at radius 2 is 1.87 bits per heavy atom. The van der Waals surface area contributed by atoms with E-state index in [0.29, 0.717) is 19.4 Å². The number of alkyl halides is 3. The first-order chi connectivity index (χ1) is 6.78. The summed E-state index contributed by atoms with van der Waals surface area (Å²) in [5.74, 6) is -1.73. The lowest BCUT2D eigenvalue weighted by Crippen LogP contribution is -2.49. The number of amides is 1. The highest BCUT2D eigenvalue weighted by atomic mass is 19.4. The van der Waals surface area contributed by atoms with Crippen molar-refractivity contribution in [3.8, 4) is 0 Å². The fourth-order valence-corrected chi connectivity index (χ4v) is 1.63. The number of rotatable bonds is 1. The van der Waals surface area contributed by atoms with Gasteiger partial charge >= 0.3 is 12.1 Å². The van der Waals surface area contributed by atoms with Gasteiger partial charge in [0.2, 0.25) is 0 Å². The molecular weight excluding hydrogens is 209 g/mol. The Morgan fingerprint density at radius 3 is 2.20 bits per heavy atom. The summed E-state index contributed by atoms with van der Waals surface area (Å²) in [6.45, 7) is 2.67. The fraction of sp³-hybridized carbons (Fsp3) is 0.889. The molecular formula is C9H15F3N2O. The molecule has 0 bridgehead atoms. The summed E-state index contributed by atoms with van der Waals surface area (Å²) in [7, 11) is 0. The van der Waals surface area contributed by atoms with E-state index in [-0.39, 0.29) is 18.5 Å². The predicted octanol–water partition coefficient (Wildman–Crippen LogP) is 1.14. The number of hydrogen-bond donors (Lipinski definition) is 1. The minimum absolute atomic E-state index is 0.123. The number of nitrogens with zero attached hydrogens (tertiary/aromatic N) is 1. The van der Waals surface area contributed by atoms with Gasteiger partial charge in [0.1, 0.15) is 0 Å². The zero-order chi connectivity index (χ0) is 11.7. The maximum atomic E-state index is 12.1. The van der Waals surface area contributed by atoms with E-state index >= 15 is 0 Å². The molecule has 0 radical (unpaired) electrons. The normalized spacial score (nSPS) is 21.5. The highest BCUT2D eigenvalue weighted by Crippen LogP contribution is 2.31. The number of hydrogen-bond acceptors (Lipinski definition) is 2. The van der Waals surface area contributed by atoms with Crippen LogP contribution >= 0.6 is 0 Å². The predicted molar refractivity (Wildman–Crippen MR) is 49.0 cm³/mol. The van der Waals surface area contributed by atoms with Crippen molar-refractivity contribution in [1.82, 2.24) is 4.90 Å². The number of halogens is 3. The molecule has 1 aliphatic rings. The van der Waals surface area contributed by atoms with Gasteiger partial charge < -0.3 is 10.6 Å². The third kappa shape index (κ3) is 2.84. The minimum Gasteiger partial charge on any atom is -0.335 e. The molecule has 0 saturated carbocycles. The summed E-state index contributed by atoms with van der Waals surface area (Å²) in [4.78, 5) is 11.7. The molecule has 0 spiro atoms. The average molecular weight is 224 g/mol. The molecule has 1 amide bonds. The largest absolute Gasteiger partial charge is 0.471 e. The molecule has 0 aromatic heterocycles. The summed E-state index contributed by atoms with van der Waals surface area (Å²) in [6, 6.07) is 0. The lowest BCUT2D eigenvalue weighted by Gasteiger charge is -2.38. The van der Waals surface area contributed by atoms with Gasteiger partial charge in [0.05, 0.1) is 0 Å². The molecule has 1 rings (SSSR count). The minimum atomic E-state index is -4.75. The van der Waals surface area contributed by atoms with Crippen LogP contribution in [0.5, 0.6) is 0 Å². The molecule has 88 valence electrons. The second kappa shape index (κ2) is 4.00. The zero-order valence-corrected chi connectivity index (χ0v) is 8.60. The van der Waals surface area contributed by atoms with E-state index in [1.54, 1.807) is 0 Å². The standard InChI is InChI=1S/C9H15F3N2O/c1-8(6-13)2-4-14(5-3-8)7(15)9(10,11)12/h2-6,13H2,1H3. The second-order valence-electron chi connectivity index (χ2n) is 4.30. The van der Waals surface area contributed by atoms with Crippen LogP contribution in [-0.4, -0.2) is 36.6 Å². The van der Waals surface area contributed by atoms with E-state index in [1.165, 1.54) is 0 Å². The lowest BCUT2D eigenvalue weighted by molar-refractivity contribution is -0.187. The zero-order valence-electron chi connectivity index (χ0n) is 8.60. The van der Waals surface area contributed by atoms with Crippen LogP contribution in [0.15, 0.2) is 0 Å². The summed E-state index contributed by atoms with van der Waals surface area (Å²) in [5, 5.41) is 0. The van der Waals surface area contributed by atoms with Crippen molar-refractivity contribution in [2.75, 3.05) is 19.6 Å². The van der Waals surface area contributed by atoms with Gasteiger partial charge in [-0.1, -0.05) is 6.92 Å². The van der Waals surface area contributed by atoms with Gasteiger partial charge in [-0.05, 0) is 24.8 Å². The maximum Gasteiger partial charge on any atom is 0.471 e. The Balaban J connectivity index is 2.55. The molecule has 1 heterocycles. The van der Waals surface area contributed by atoms with Crippen molar-refractivity contribution < 1.29 is 18.0 Å². The first kappa shape index (κ1) is 12.3. The smallest absolute Gasteiger partial charge is 0.335 e. The number of carbonyl (C=O) groups excluding carboxylic acids is 1. The van der Waals surface area contributed by atoms with Crippen LogP contribution in [0.25, 0.3) is 0 Å². The number of piperidine rings is 1. The molecule has 0 atom stereocenters. The van der Waals surface area contributed by atoms with Crippen molar-refractivity contribution in [3.63, 3.8) is 0 Å². The van der Waals surface area contributed by atoms with Crippen molar-refractivity contribution in [1.29, 1.82) is 0 Å². The SMILES string of the molecule is CC1(CN)CCN(C(=O)C(F)(F)F)CC1. The molecule has 15 heavy (non-hydrogen) atoms. The number of carbonyl (C=O) groups is 1. The third-order valence-corrected chi connectivity index (χ3v) is 2.99. The molecule has 1 saturated heterocycles. The Hall–Kier alpha value is -0.780. The van der Waals surface area contributed by atoms with Gasteiger partial charge in [-0.3, -0.25) is 4.79 Å². The Kier molecular flexibility index (Phi) is 3.28. The lowest BCUT2D eigenvalue weighted by atomic mass is 9.80. The van der Waals surface area contributed by atoms with E-state index in [9.17, 15) is 18.0 Å². The molecule has 0 aliphatic carbocycles. The van der Waals surface area contributed by atoms with E-state index < -0.39 is 12.1 Å². The van der Waals surface area contributed by atoms with E-state index in [1.807, 2.05) is 6.92 Å². The van der Waals surface area contributed by atoms with Crippen LogP contribution in [0.2, 0.25) is 0 Å². The van der Waals surface area contributed by atoms with Crippen LogP contribution in [0.4, 0.5) is 13.2 Å². The summed E-state index contributed by atoms with van der Waals surface area (Å²) >= 11 is 0. The molecule has 0 aromatic rings. The molecule has 2 N–H and O–H groups in total. The van der Waals surface area contributed by atoms with Gasteiger partial charge in [-0.2, -0.15) is 13.2 Å². The highest BCUT2D eigenvalue weighted by molar-refractivity contribution is 5.81. The Bertz CT molecular complexity index is 244. The topological polar surface area (TPSA) is 46.3 Å². The van der Waals surface area contributed by atoms with E-state index in [4.69, 9.17) is 5.73 Å². The Labute approximate surface area is 86.4 Å². The van der Waals surface area contributed by atoms with Crippen LogP contribution in [0.3, 0.4) is 0 Å². The molecule has 0 aromatic carbocycles. The van der Waals surface area contributed by atoms with Crippen LogP contribution in [0.1, 0.15) is 19.8 Å². The highest BCUT2D eigenvalue weighted by Gasteiger charge is 2.44. The molecule has 0 unspecified atom stereocenters. The molecule has 6 heteroatoms. The first-order valence-electron chi connectivity index (χ1n) is 4.85. The van der Waals surface area contributed by atoms with Crippen LogP contribution in [0, 0.1) is 5.41 Å². The van der Waals surface area contributed by atoms with Gasteiger partial charge in [-0.25, -0.2) is 0 Å². The quantitative estimate of drug-likeness (QED) is 0.726. The monoisotopic (exact) mass is 224 g/mol. The van der Waals surface area contributed by atoms with Crippen LogP contribution < -0.4 is 5.73 Å². The van der Waals surface area contributed by atoms with Crippen molar-refractivity contribution in [3.05, 3.63) is 0 Å². The Morgan fingerprint density at radius 1 is 1.40 bits per heavy atom. The van der Waals surface area contributed by atoms with Crippen LogP contribution in [-0.2, 0) is 4.79 Å². The van der Waals surface area contributed by atoms with Crippen molar-refractivity contribution in [2.24, 2.45) is 11.1 Å². The second-order valence-corrected chi connectivity index (χ2v) is 4.30. The first-order valence-corrected chi connectivity index (χ1v) is 4.85. The third-order valence-electron chi connectivity index (χ3n) is 2.99. The van der Waals surface area contributed by atoms with E-state index in [0.717, 1.165) is 4.90 Å². The van der Waals surface area contributed by atoms with Gasteiger partial charge in [0.25, 0.3) is 0 Å². The summed E-state index contributed by atoms with van der Waals surface area (Å²) in [5.41, 5.74) is 5.40. The van der Waals surface area contributed by atoms with Gasteiger partial charge in [-0.15, -0.1) is 0 Å². The number of nitrogens with two attached hydrogens (primary N) is 1. The van der Waals surface area contributed by atoms with Gasteiger partial charge in [0.15, 0.2) is 0 Å². The molecule has 3 nitrogen and oxygen atoms in total. The van der Waals surface area contributed by atoms with Crippen molar-refractivity contribution >= 4 is 5.91 Å². The van der Waals surface area contributed by atoms with E-state index in [2.05, 4.69) is 0 Å². The summed E-state index contributed by atoms with van der Waals surface area (Å²) < 4.78 is 36.3. The maximum absolute atomic E-state index is 12.1. The molecule has 1 aliphatic heterocycles. The number of likely N-dealkylation sites (tertiary alicyclic amines) is 1. The fourth-order valence-electron chi connectivity index (χ4n) is 1.63. The summed E-state index contributed by atoms with van der Waals surface area (Å²) in [6.07, 6.45) is -3.69. The van der Waals surface area contributed by atoms with Gasteiger partial charge in [0, 0.05) is 13.1 Å².